The Morgan fingerprint density at radius 3 is 2.67 bits per heavy atom. The van der Waals surface area contributed by atoms with Crippen molar-refractivity contribution in [2.75, 3.05) is 42.2 Å². The van der Waals surface area contributed by atoms with Crippen LogP contribution in [0, 0.1) is 6.92 Å². The molecule has 1 fully saturated rings. The standard InChI is InChI=1S/C15H18N8S/c1-10-7-12(20-15(19-10)24-2)22-3-5-23(6-4-22)14-11-8-18-21-13(11)16-9-17-14/h7-9H,3-6H2,1-2H3,(H,16,17,18,21). The summed E-state index contributed by atoms with van der Waals surface area (Å²) >= 11 is 1.57. The zero-order chi connectivity index (χ0) is 16.5. The normalized spacial score (nSPS) is 15.2. The maximum atomic E-state index is 4.63. The number of aromatic nitrogens is 6. The van der Waals surface area contributed by atoms with Crippen LogP contribution in [-0.4, -0.2) is 62.6 Å². The van der Waals surface area contributed by atoms with Crippen LogP contribution >= 0.6 is 11.8 Å². The number of thioether (sulfide) groups is 1. The Labute approximate surface area is 143 Å². The van der Waals surface area contributed by atoms with E-state index in [1.54, 1.807) is 24.3 Å². The second kappa shape index (κ2) is 6.23. The molecule has 3 aromatic rings. The van der Waals surface area contributed by atoms with Crippen LogP contribution in [0.5, 0.6) is 0 Å². The first kappa shape index (κ1) is 15.1. The molecular weight excluding hydrogens is 324 g/mol. The van der Waals surface area contributed by atoms with E-state index < -0.39 is 0 Å². The van der Waals surface area contributed by atoms with Crippen molar-refractivity contribution in [3.63, 3.8) is 0 Å². The number of fused-ring (bicyclic) bond motifs is 1. The molecule has 1 aliphatic heterocycles. The summed E-state index contributed by atoms with van der Waals surface area (Å²) in [5.41, 5.74) is 1.78. The molecule has 0 aromatic carbocycles. The number of aromatic amines is 1. The molecule has 0 amide bonds. The van der Waals surface area contributed by atoms with Crippen molar-refractivity contribution in [1.29, 1.82) is 0 Å². The number of aryl methyl sites for hydroxylation is 1. The smallest absolute Gasteiger partial charge is 0.189 e. The molecule has 4 rings (SSSR count). The average Bonchev–Trinajstić information content (AvgIpc) is 3.10. The predicted molar refractivity (Wildman–Crippen MR) is 94.7 cm³/mol. The molecule has 124 valence electrons. The Bertz CT molecular complexity index is 856. The zero-order valence-corrected chi connectivity index (χ0v) is 14.4. The number of hydrogen-bond acceptors (Lipinski definition) is 8. The number of anilines is 2. The molecule has 1 aliphatic rings. The largest absolute Gasteiger partial charge is 0.353 e. The summed E-state index contributed by atoms with van der Waals surface area (Å²) in [4.78, 5) is 22.3. The molecule has 0 radical (unpaired) electrons. The van der Waals surface area contributed by atoms with Gasteiger partial charge in [-0.3, -0.25) is 5.10 Å². The van der Waals surface area contributed by atoms with Gasteiger partial charge in [-0.1, -0.05) is 11.8 Å². The molecule has 3 aromatic heterocycles. The minimum Gasteiger partial charge on any atom is -0.353 e. The van der Waals surface area contributed by atoms with Gasteiger partial charge >= 0.3 is 0 Å². The summed E-state index contributed by atoms with van der Waals surface area (Å²) in [5.74, 6) is 1.94. The summed E-state index contributed by atoms with van der Waals surface area (Å²) in [6, 6.07) is 2.05. The number of piperazine rings is 1. The van der Waals surface area contributed by atoms with Crippen molar-refractivity contribution in [2.45, 2.75) is 12.1 Å². The highest BCUT2D eigenvalue weighted by atomic mass is 32.2. The Balaban J connectivity index is 1.53. The molecule has 0 bridgehead atoms. The van der Waals surface area contributed by atoms with Crippen LogP contribution in [0.25, 0.3) is 11.0 Å². The van der Waals surface area contributed by atoms with Crippen molar-refractivity contribution in [1.82, 2.24) is 30.1 Å². The van der Waals surface area contributed by atoms with E-state index in [-0.39, 0.29) is 0 Å². The Kier molecular flexibility index (Phi) is 3.93. The van der Waals surface area contributed by atoms with Crippen LogP contribution < -0.4 is 9.80 Å². The van der Waals surface area contributed by atoms with Gasteiger partial charge in [0.05, 0.1) is 11.6 Å². The lowest BCUT2D eigenvalue weighted by atomic mass is 10.2. The fourth-order valence-corrected chi connectivity index (χ4v) is 3.35. The van der Waals surface area contributed by atoms with Crippen molar-refractivity contribution in [3.05, 3.63) is 24.3 Å². The van der Waals surface area contributed by atoms with E-state index in [1.807, 2.05) is 19.2 Å². The van der Waals surface area contributed by atoms with Gasteiger partial charge in [0.25, 0.3) is 0 Å². The van der Waals surface area contributed by atoms with Gasteiger partial charge in [0.1, 0.15) is 18.0 Å². The van der Waals surface area contributed by atoms with E-state index >= 15 is 0 Å². The molecule has 0 unspecified atom stereocenters. The van der Waals surface area contributed by atoms with Gasteiger partial charge in [-0.05, 0) is 13.2 Å². The van der Waals surface area contributed by atoms with Gasteiger partial charge in [-0.2, -0.15) is 5.10 Å². The minimum atomic E-state index is 0.776. The molecule has 0 spiro atoms. The lowest BCUT2D eigenvalue weighted by molar-refractivity contribution is 0.638. The van der Waals surface area contributed by atoms with Gasteiger partial charge in [0, 0.05) is 37.9 Å². The van der Waals surface area contributed by atoms with Crippen LogP contribution in [0.1, 0.15) is 5.69 Å². The molecule has 1 N–H and O–H groups in total. The number of nitrogens with zero attached hydrogens (tertiary/aromatic N) is 7. The van der Waals surface area contributed by atoms with Crippen LogP contribution in [0.4, 0.5) is 11.6 Å². The molecule has 0 saturated carbocycles. The number of rotatable bonds is 3. The monoisotopic (exact) mass is 342 g/mol. The molecule has 4 heterocycles. The SMILES string of the molecule is CSc1nc(C)cc(N2CCN(c3ncnc4[nH]ncc34)CC2)n1. The van der Waals surface area contributed by atoms with Gasteiger partial charge in [-0.15, -0.1) is 0 Å². The second-order valence-electron chi connectivity index (χ2n) is 5.66. The summed E-state index contributed by atoms with van der Waals surface area (Å²) < 4.78 is 0. The van der Waals surface area contributed by atoms with Gasteiger partial charge in [-0.25, -0.2) is 19.9 Å². The first-order valence-electron chi connectivity index (χ1n) is 7.78. The van der Waals surface area contributed by atoms with Gasteiger partial charge in [0.2, 0.25) is 0 Å². The third kappa shape index (κ3) is 2.75. The molecule has 0 atom stereocenters. The number of H-pyrrole nitrogens is 1. The van der Waals surface area contributed by atoms with E-state index in [1.165, 1.54) is 0 Å². The van der Waals surface area contributed by atoms with Crippen molar-refractivity contribution in [2.24, 2.45) is 0 Å². The van der Waals surface area contributed by atoms with Crippen molar-refractivity contribution in [3.8, 4) is 0 Å². The highest BCUT2D eigenvalue weighted by molar-refractivity contribution is 7.98. The van der Waals surface area contributed by atoms with Crippen LogP contribution in [0.2, 0.25) is 0 Å². The quantitative estimate of drug-likeness (QED) is 0.566. The number of hydrogen-bond donors (Lipinski definition) is 1. The Hall–Kier alpha value is -2.42. The van der Waals surface area contributed by atoms with Crippen molar-refractivity contribution < 1.29 is 0 Å². The predicted octanol–water partition coefficient (Wildman–Crippen LogP) is 1.50. The lowest BCUT2D eigenvalue weighted by Crippen LogP contribution is -2.47. The summed E-state index contributed by atoms with van der Waals surface area (Å²) in [7, 11) is 0. The zero-order valence-electron chi connectivity index (χ0n) is 13.6. The van der Waals surface area contributed by atoms with Crippen LogP contribution in [-0.2, 0) is 0 Å². The molecular formula is C15H18N8S. The van der Waals surface area contributed by atoms with Crippen molar-refractivity contribution >= 4 is 34.4 Å². The van der Waals surface area contributed by atoms with E-state index in [0.29, 0.717) is 0 Å². The summed E-state index contributed by atoms with van der Waals surface area (Å²) in [5, 5.41) is 8.75. The first-order chi connectivity index (χ1) is 11.7. The summed E-state index contributed by atoms with van der Waals surface area (Å²) in [6.45, 7) is 5.57. The van der Waals surface area contributed by atoms with Crippen LogP contribution in [0.15, 0.2) is 23.7 Å². The van der Waals surface area contributed by atoms with Crippen LogP contribution in [0.3, 0.4) is 0 Å². The third-order valence-electron chi connectivity index (χ3n) is 4.13. The maximum absolute atomic E-state index is 4.63. The third-order valence-corrected chi connectivity index (χ3v) is 4.68. The molecule has 0 aliphatic carbocycles. The topological polar surface area (TPSA) is 86.7 Å². The van der Waals surface area contributed by atoms with E-state index in [4.69, 9.17) is 0 Å². The molecule has 1 saturated heterocycles. The lowest BCUT2D eigenvalue weighted by Gasteiger charge is -2.36. The molecule has 8 nitrogen and oxygen atoms in total. The Morgan fingerprint density at radius 2 is 1.88 bits per heavy atom. The summed E-state index contributed by atoms with van der Waals surface area (Å²) in [6.07, 6.45) is 5.37. The molecule has 9 heteroatoms. The van der Waals surface area contributed by atoms with E-state index in [9.17, 15) is 0 Å². The number of nitrogens with one attached hydrogen (secondary N) is 1. The highest BCUT2D eigenvalue weighted by Crippen LogP contribution is 2.24. The molecule has 24 heavy (non-hydrogen) atoms. The van der Waals surface area contributed by atoms with Gasteiger partial charge < -0.3 is 9.80 Å². The Morgan fingerprint density at radius 1 is 1.08 bits per heavy atom. The average molecular weight is 342 g/mol. The fourth-order valence-electron chi connectivity index (χ4n) is 2.93. The second-order valence-corrected chi connectivity index (χ2v) is 6.43. The fraction of sp³-hybridized carbons (Fsp3) is 0.400. The van der Waals surface area contributed by atoms with Gasteiger partial charge in [0.15, 0.2) is 10.8 Å². The maximum Gasteiger partial charge on any atom is 0.189 e. The van der Waals surface area contributed by atoms with E-state index in [0.717, 1.165) is 59.7 Å². The first-order valence-corrected chi connectivity index (χ1v) is 9.01. The van der Waals surface area contributed by atoms with E-state index in [2.05, 4.69) is 39.9 Å². The highest BCUT2D eigenvalue weighted by Gasteiger charge is 2.21. The minimum absolute atomic E-state index is 0.776.